The number of nitrogens with zero attached hydrogens (tertiary/aromatic N) is 3. The first-order chi connectivity index (χ1) is 12.2. The number of benzene rings is 2. The molecule has 2 aromatic carbocycles. The van der Waals surface area contributed by atoms with Crippen molar-refractivity contribution in [3.05, 3.63) is 65.3 Å². The molecule has 25 heavy (non-hydrogen) atoms. The molecule has 0 fully saturated rings. The van der Waals surface area contributed by atoms with Gasteiger partial charge in [0.05, 0.1) is 22.7 Å². The van der Waals surface area contributed by atoms with Crippen LogP contribution in [0.4, 0.5) is 5.82 Å². The van der Waals surface area contributed by atoms with Gasteiger partial charge in [-0.25, -0.2) is 4.98 Å². The molecule has 0 aliphatic carbocycles. The normalized spacial score (nSPS) is 10.7. The number of nitrogen functional groups attached to an aromatic ring is 1. The quantitative estimate of drug-likeness (QED) is 0.533. The molecule has 4 rings (SSSR count). The van der Waals surface area contributed by atoms with Crippen molar-refractivity contribution in [1.29, 1.82) is 5.26 Å². The minimum atomic E-state index is 0.260. The van der Waals surface area contributed by atoms with Gasteiger partial charge in [-0.05, 0) is 23.8 Å². The van der Waals surface area contributed by atoms with Crippen LogP contribution in [0.1, 0.15) is 5.56 Å². The van der Waals surface area contributed by atoms with Crippen molar-refractivity contribution in [2.75, 3.05) is 5.73 Å². The Bertz CT molecular complexity index is 1130. The Kier molecular flexibility index (Phi) is 3.60. The average molecular weight is 347 g/mol. The van der Waals surface area contributed by atoms with E-state index < -0.39 is 0 Å². The Morgan fingerprint density at radius 2 is 1.84 bits per heavy atom. The molecule has 0 bridgehead atoms. The molecule has 0 spiro atoms. The first-order valence-corrected chi connectivity index (χ1v) is 7.86. The molecule has 6 heteroatoms. The van der Waals surface area contributed by atoms with Crippen LogP contribution in [-0.2, 0) is 0 Å². The second-order valence-corrected chi connectivity index (χ2v) is 5.84. The van der Waals surface area contributed by atoms with Gasteiger partial charge < -0.3 is 10.3 Å². The van der Waals surface area contributed by atoms with Gasteiger partial charge in [0.1, 0.15) is 5.15 Å². The highest BCUT2D eigenvalue weighted by molar-refractivity contribution is 6.34. The highest BCUT2D eigenvalue weighted by Gasteiger charge is 2.20. The minimum absolute atomic E-state index is 0.260. The molecule has 0 radical (unpaired) electrons. The first-order valence-electron chi connectivity index (χ1n) is 7.48. The zero-order valence-electron chi connectivity index (χ0n) is 12.9. The number of nitrogens with two attached hydrogens (primary N) is 1. The Morgan fingerprint density at radius 3 is 2.52 bits per heavy atom. The second-order valence-electron chi connectivity index (χ2n) is 5.48. The Hall–Kier alpha value is -3.36. The lowest BCUT2D eigenvalue weighted by Crippen LogP contribution is -1.93. The highest BCUT2D eigenvalue weighted by Crippen LogP contribution is 2.41. The molecule has 0 aliphatic heterocycles. The third-order valence-corrected chi connectivity index (χ3v) is 4.18. The number of pyridine rings is 1. The largest absolute Gasteiger partial charge is 0.381 e. The lowest BCUT2D eigenvalue weighted by Gasteiger charge is -2.13. The lowest BCUT2D eigenvalue weighted by atomic mass is 9.94. The van der Waals surface area contributed by atoms with Crippen LogP contribution in [-0.4, -0.2) is 10.1 Å². The van der Waals surface area contributed by atoms with E-state index in [2.05, 4.69) is 16.2 Å². The van der Waals surface area contributed by atoms with Crippen molar-refractivity contribution in [1.82, 2.24) is 10.1 Å². The van der Waals surface area contributed by atoms with Crippen molar-refractivity contribution in [3.8, 4) is 28.5 Å². The summed E-state index contributed by atoms with van der Waals surface area (Å²) in [6, 6.07) is 18.8. The summed E-state index contributed by atoms with van der Waals surface area (Å²) in [5.41, 5.74) is 9.28. The van der Waals surface area contributed by atoms with Crippen molar-refractivity contribution in [2.45, 2.75) is 0 Å². The second kappa shape index (κ2) is 5.93. The summed E-state index contributed by atoms with van der Waals surface area (Å²) in [6.45, 7) is 0. The molecule has 0 atom stereocenters. The number of fused-ring (bicyclic) bond motifs is 1. The fourth-order valence-electron chi connectivity index (χ4n) is 2.84. The van der Waals surface area contributed by atoms with Crippen LogP contribution in [0.3, 0.4) is 0 Å². The summed E-state index contributed by atoms with van der Waals surface area (Å²) < 4.78 is 5.33. The highest BCUT2D eigenvalue weighted by atomic mass is 35.5. The number of aromatic nitrogens is 2. The molecule has 5 nitrogen and oxygen atoms in total. The van der Waals surface area contributed by atoms with Gasteiger partial charge in [-0.2, -0.15) is 5.26 Å². The van der Waals surface area contributed by atoms with Gasteiger partial charge in [-0.3, -0.25) is 0 Å². The van der Waals surface area contributed by atoms with Gasteiger partial charge in [0.25, 0.3) is 0 Å². The number of hydrogen-bond donors (Lipinski definition) is 1. The number of nitriles is 1. The molecule has 2 N–H and O–H groups in total. The molecule has 2 heterocycles. The van der Waals surface area contributed by atoms with Gasteiger partial charge in [-0.1, -0.05) is 47.1 Å². The van der Waals surface area contributed by atoms with E-state index in [-0.39, 0.29) is 11.0 Å². The predicted octanol–water partition coefficient (Wildman–Crippen LogP) is 4.66. The summed E-state index contributed by atoms with van der Waals surface area (Å²) in [7, 11) is 0. The minimum Gasteiger partial charge on any atom is -0.381 e. The van der Waals surface area contributed by atoms with Crippen LogP contribution >= 0.6 is 11.6 Å². The lowest BCUT2D eigenvalue weighted by molar-refractivity contribution is 0.436. The van der Waals surface area contributed by atoms with Gasteiger partial charge >= 0.3 is 0 Å². The topological polar surface area (TPSA) is 88.7 Å². The van der Waals surface area contributed by atoms with E-state index in [4.69, 9.17) is 21.9 Å². The molecule has 0 unspecified atom stereocenters. The summed E-state index contributed by atoms with van der Waals surface area (Å²) in [6.07, 6.45) is 0. The molecule has 4 aromatic rings. The van der Waals surface area contributed by atoms with Gasteiger partial charge in [0, 0.05) is 17.0 Å². The van der Waals surface area contributed by atoms with E-state index in [1.165, 1.54) is 0 Å². The van der Waals surface area contributed by atoms with E-state index in [0.29, 0.717) is 22.4 Å². The third kappa shape index (κ3) is 2.59. The van der Waals surface area contributed by atoms with E-state index >= 15 is 0 Å². The van der Waals surface area contributed by atoms with Crippen molar-refractivity contribution in [2.24, 2.45) is 0 Å². The van der Waals surface area contributed by atoms with E-state index in [9.17, 15) is 5.26 Å². The zero-order valence-corrected chi connectivity index (χ0v) is 13.7. The summed E-state index contributed by atoms with van der Waals surface area (Å²) >= 11 is 6.47. The van der Waals surface area contributed by atoms with Gasteiger partial charge in [-0.15, -0.1) is 0 Å². The molecule has 0 aliphatic rings. The van der Waals surface area contributed by atoms with Crippen molar-refractivity contribution >= 4 is 28.3 Å². The predicted molar refractivity (Wildman–Crippen MR) is 96.8 cm³/mol. The third-order valence-electron chi connectivity index (χ3n) is 3.91. The van der Waals surface area contributed by atoms with Crippen LogP contribution in [0.5, 0.6) is 0 Å². The van der Waals surface area contributed by atoms with E-state index in [1.807, 2.05) is 30.3 Å². The number of hydrogen-bond acceptors (Lipinski definition) is 5. The fourth-order valence-corrected chi connectivity index (χ4v) is 3.12. The number of rotatable bonds is 2. The zero-order chi connectivity index (χ0) is 17.4. The van der Waals surface area contributed by atoms with E-state index in [1.54, 1.807) is 24.3 Å². The van der Waals surface area contributed by atoms with Crippen LogP contribution < -0.4 is 5.73 Å². The van der Waals surface area contributed by atoms with E-state index in [0.717, 1.165) is 16.5 Å². The Labute approximate surface area is 148 Å². The maximum Gasteiger partial charge on any atom is 0.172 e. The first kappa shape index (κ1) is 15.2. The maximum atomic E-state index is 9.26. The molecule has 0 amide bonds. The monoisotopic (exact) mass is 346 g/mol. The fraction of sp³-hybridized carbons (Fsp3) is 0. The molecule has 120 valence electrons. The number of anilines is 1. The number of halogens is 1. The molecule has 2 aromatic heterocycles. The van der Waals surface area contributed by atoms with Crippen LogP contribution in [0.2, 0.25) is 5.15 Å². The van der Waals surface area contributed by atoms with Crippen molar-refractivity contribution in [3.63, 3.8) is 0 Å². The molecular weight excluding hydrogens is 336 g/mol. The van der Waals surface area contributed by atoms with Gasteiger partial charge in [0.15, 0.2) is 11.6 Å². The summed E-state index contributed by atoms with van der Waals surface area (Å²) in [5.74, 6) is 0.689. The van der Waals surface area contributed by atoms with Crippen LogP contribution in [0, 0.1) is 11.3 Å². The standard InChI is InChI=1S/C19H11ClN4O/c20-19-18(15-9-16(22)24-25-15)17(12-4-2-1-3-5-12)13-8-11(10-21)6-7-14(13)23-19/h1-9H,(H2,22,24). The SMILES string of the molecule is N#Cc1ccc2nc(Cl)c(-c3cc(N)no3)c(-c3ccccc3)c2c1. The Morgan fingerprint density at radius 1 is 1.04 bits per heavy atom. The smallest absolute Gasteiger partial charge is 0.172 e. The van der Waals surface area contributed by atoms with Crippen LogP contribution in [0.15, 0.2) is 59.1 Å². The summed E-state index contributed by atoms with van der Waals surface area (Å²) in [4.78, 5) is 4.45. The Balaban J connectivity index is 2.17. The van der Waals surface area contributed by atoms with Crippen LogP contribution in [0.25, 0.3) is 33.4 Å². The molecule has 0 saturated heterocycles. The molecule has 0 saturated carbocycles. The average Bonchev–Trinajstić information content (AvgIpc) is 3.06. The molecular formula is C19H11ClN4O. The van der Waals surface area contributed by atoms with Crippen molar-refractivity contribution < 1.29 is 4.52 Å². The maximum absolute atomic E-state index is 9.26. The van der Waals surface area contributed by atoms with Gasteiger partial charge in [0.2, 0.25) is 0 Å². The summed E-state index contributed by atoms with van der Waals surface area (Å²) in [5, 5.41) is 14.1.